The van der Waals surface area contributed by atoms with Crippen molar-refractivity contribution in [1.82, 2.24) is 9.55 Å². The van der Waals surface area contributed by atoms with Crippen molar-refractivity contribution in [2.45, 2.75) is 19.9 Å². The molecule has 8 heteroatoms. The number of nitrogens with one attached hydrogen (secondary N) is 1. The Morgan fingerprint density at radius 1 is 1.27 bits per heavy atom. The number of thiophene rings is 1. The molecule has 0 aliphatic carbocycles. The smallest absolute Gasteiger partial charge is 0.263 e. The summed E-state index contributed by atoms with van der Waals surface area (Å²) in [6.45, 7) is 1.86. The fourth-order valence-electron chi connectivity index (χ4n) is 2.67. The molecule has 0 radical (unpaired) electrons. The Morgan fingerprint density at radius 2 is 2.04 bits per heavy atom. The molecule has 0 saturated heterocycles. The van der Waals surface area contributed by atoms with E-state index in [1.54, 1.807) is 18.2 Å². The van der Waals surface area contributed by atoms with E-state index in [9.17, 15) is 9.59 Å². The topological polar surface area (TPSA) is 73.3 Å². The maximum Gasteiger partial charge on any atom is 0.263 e. The number of aromatic amines is 1. The van der Waals surface area contributed by atoms with E-state index >= 15 is 0 Å². The van der Waals surface area contributed by atoms with Gasteiger partial charge in [0.05, 0.1) is 31.7 Å². The van der Waals surface area contributed by atoms with Gasteiger partial charge in [-0.2, -0.15) is 0 Å². The number of fused-ring (bicyclic) bond motifs is 1. The van der Waals surface area contributed by atoms with Gasteiger partial charge in [-0.3, -0.25) is 14.2 Å². The average molecular weight is 390 g/mol. The minimum Gasteiger partial charge on any atom is -0.497 e. The number of aromatic nitrogens is 2. The number of H-pyrrole nitrogens is 1. The second-order valence-electron chi connectivity index (χ2n) is 5.62. The van der Waals surface area contributed by atoms with Gasteiger partial charge >= 0.3 is 0 Å². The van der Waals surface area contributed by atoms with Crippen LogP contribution in [0.2, 0.25) is 0 Å². The molecule has 0 unspecified atom stereocenters. The van der Waals surface area contributed by atoms with E-state index in [1.165, 1.54) is 30.1 Å². The number of rotatable bonds is 6. The normalized spacial score (nSPS) is 10.9. The summed E-state index contributed by atoms with van der Waals surface area (Å²) in [5, 5.41) is 0.551. The summed E-state index contributed by atoms with van der Waals surface area (Å²) in [6.07, 6.45) is 0.835. The molecule has 6 nitrogen and oxygen atoms in total. The van der Waals surface area contributed by atoms with Gasteiger partial charge in [0.25, 0.3) is 5.56 Å². The lowest BCUT2D eigenvalue weighted by molar-refractivity contribution is 0.0967. The standard InChI is InChI=1S/C18H18N2O4S2/c1-4-11-8-13-16(26-11)19-18(25)20(17(13)22)9-14(21)12-6-5-10(23-2)7-15(12)24-3/h5-8H,4,9H2,1-3H3,(H,19,25). The van der Waals surface area contributed by atoms with E-state index < -0.39 is 0 Å². The molecule has 0 amide bonds. The van der Waals surface area contributed by atoms with Gasteiger partial charge < -0.3 is 14.5 Å². The first-order valence-corrected chi connectivity index (χ1v) is 9.21. The SMILES string of the molecule is CCc1cc2c(=O)n(CC(=O)c3ccc(OC)cc3OC)c(=S)[nH]c2s1. The van der Waals surface area contributed by atoms with E-state index in [1.807, 2.05) is 13.0 Å². The Hall–Kier alpha value is -2.45. The Labute approximate surface area is 159 Å². The van der Waals surface area contributed by atoms with Gasteiger partial charge in [-0.1, -0.05) is 6.92 Å². The summed E-state index contributed by atoms with van der Waals surface area (Å²) in [7, 11) is 3.02. The molecule has 2 heterocycles. The van der Waals surface area contributed by atoms with Crippen molar-refractivity contribution in [3.05, 3.63) is 49.8 Å². The Kier molecular flexibility index (Phi) is 5.24. The van der Waals surface area contributed by atoms with Crippen LogP contribution in [0.15, 0.2) is 29.1 Å². The highest BCUT2D eigenvalue weighted by Gasteiger charge is 2.17. The summed E-state index contributed by atoms with van der Waals surface area (Å²) in [6, 6.07) is 6.78. The van der Waals surface area contributed by atoms with Crippen LogP contribution in [0.3, 0.4) is 0 Å². The zero-order chi connectivity index (χ0) is 18.8. The number of aryl methyl sites for hydroxylation is 1. The second kappa shape index (κ2) is 7.43. The average Bonchev–Trinajstić information content (AvgIpc) is 3.07. The molecule has 26 heavy (non-hydrogen) atoms. The first kappa shape index (κ1) is 18.3. The molecule has 3 aromatic rings. The number of carbonyl (C=O) groups excluding carboxylic acids is 1. The molecule has 0 saturated carbocycles. The summed E-state index contributed by atoms with van der Waals surface area (Å²) in [4.78, 5) is 30.4. The number of methoxy groups -OCH3 is 2. The fraction of sp³-hybridized carbons (Fsp3) is 0.278. The van der Waals surface area contributed by atoms with Crippen molar-refractivity contribution in [3.63, 3.8) is 0 Å². The molecule has 0 aliphatic rings. The number of hydrogen-bond donors (Lipinski definition) is 1. The molecule has 3 rings (SSSR count). The van der Waals surface area contributed by atoms with Crippen LogP contribution in [0.1, 0.15) is 22.2 Å². The summed E-state index contributed by atoms with van der Waals surface area (Å²) < 4.78 is 11.9. The van der Waals surface area contributed by atoms with E-state index in [0.717, 1.165) is 16.1 Å². The van der Waals surface area contributed by atoms with Crippen LogP contribution < -0.4 is 15.0 Å². The third kappa shape index (κ3) is 3.30. The molecule has 2 aromatic heterocycles. The van der Waals surface area contributed by atoms with Crippen molar-refractivity contribution < 1.29 is 14.3 Å². The third-order valence-corrected chi connectivity index (χ3v) is 5.60. The second-order valence-corrected chi connectivity index (χ2v) is 7.14. The van der Waals surface area contributed by atoms with Gasteiger partial charge in [0.2, 0.25) is 0 Å². The fourth-order valence-corrected chi connectivity index (χ4v) is 3.97. The number of carbonyl (C=O) groups is 1. The van der Waals surface area contributed by atoms with E-state index in [-0.39, 0.29) is 22.7 Å². The molecule has 0 atom stereocenters. The van der Waals surface area contributed by atoms with Gasteiger partial charge in [0, 0.05) is 10.9 Å². The molecule has 1 aromatic carbocycles. The minimum absolute atomic E-state index is 0.163. The van der Waals surface area contributed by atoms with Crippen LogP contribution in [0.5, 0.6) is 11.5 Å². The van der Waals surface area contributed by atoms with E-state index in [2.05, 4.69) is 4.98 Å². The summed E-state index contributed by atoms with van der Waals surface area (Å²) in [5.74, 6) is 0.707. The first-order valence-electron chi connectivity index (χ1n) is 7.99. The monoisotopic (exact) mass is 390 g/mol. The number of ether oxygens (including phenoxy) is 2. The lowest BCUT2D eigenvalue weighted by Gasteiger charge is -2.11. The van der Waals surface area contributed by atoms with Crippen LogP contribution in [0.25, 0.3) is 10.2 Å². The molecule has 0 bridgehead atoms. The molecule has 0 fully saturated rings. The van der Waals surface area contributed by atoms with Crippen LogP contribution >= 0.6 is 23.6 Å². The van der Waals surface area contributed by atoms with Gasteiger partial charge in [0.15, 0.2) is 10.6 Å². The van der Waals surface area contributed by atoms with Gasteiger partial charge in [0.1, 0.15) is 16.3 Å². The molecule has 0 spiro atoms. The van der Waals surface area contributed by atoms with Crippen LogP contribution in [0.4, 0.5) is 0 Å². The summed E-state index contributed by atoms with van der Waals surface area (Å²) in [5.41, 5.74) is 0.106. The number of hydrogen-bond acceptors (Lipinski definition) is 6. The zero-order valence-electron chi connectivity index (χ0n) is 14.6. The minimum atomic E-state index is -0.267. The predicted molar refractivity (Wildman–Crippen MR) is 105 cm³/mol. The van der Waals surface area contributed by atoms with Crippen molar-refractivity contribution in [1.29, 1.82) is 0 Å². The van der Waals surface area contributed by atoms with Gasteiger partial charge in [-0.15, -0.1) is 11.3 Å². The van der Waals surface area contributed by atoms with Crippen molar-refractivity contribution >= 4 is 39.6 Å². The van der Waals surface area contributed by atoms with Crippen molar-refractivity contribution in [2.24, 2.45) is 0 Å². The molecular formula is C18H18N2O4S2. The Balaban J connectivity index is 2.02. The highest BCUT2D eigenvalue weighted by atomic mass is 32.1. The van der Waals surface area contributed by atoms with Crippen LogP contribution in [-0.4, -0.2) is 29.6 Å². The Bertz CT molecular complexity index is 1090. The van der Waals surface area contributed by atoms with Crippen LogP contribution in [0, 0.1) is 4.77 Å². The quantitative estimate of drug-likeness (QED) is 0.514. The number of Topliss-reactive ketones (excluding diaryl/α,β-unsaturated/α-hetero) is 1. The number of ketones is 1. The maximum absolute atomic E-state index is 12.8. The lowest BCUT2D eigenvalue weighted by Crippen LogP contribution is -2.25. The predicted octanol–water partition coefficient (Wildman–Crippen LogP) is 3.58. The molecule has 136 valence electrons. The molecule has 0 aliphatic heterocycles. The van der Waals surface area contributed by atoms with Crippen LogP contribution in [-0.2, 0) is 13.0 Å². The van der Waals surface area contributed by atoms with E-state index in [4.69, 9.17) is 21.7 Å². The highest BCUT2D eigenvalue weighted by Crippen LogP contribution is 2.25. The maximum atomic E-state index is 12.8. The highest BCUT2D eigenvalue weighted by molar-refractivity contribution is 7.71. The third-order valence-electron chi connectivity index (χ3n) is 4.08. The van der Waals surface area contributed by atoms with Gasteiger partial charge in [-0.25, -0.2) is 0 Å². The van der Waals surface area contributed by atoms with E-state index in [0.29, 0.717) is 22.4 Å². The zero-order valence-corrected chi connectivity index (χ0v) is 16.3. The molecular weight excluding hydrogens is 372 g/mol. The van der Waals surface area contributed by atoms with Crippen molar-refractivity contribution in [3.8, 4) is 11.5 Å². The Morgan fingerprint density at radius 3 is 2.69 bits per heavy atom. The lowest BCUT2D eigenvalue weighted by atomic mass is 10.1. The number of nitrogens with zero attached hydrogens (tertiary/aromatic N) is 1. The van der Waals surface area contributed by atoms with Gasteiger partial charge in [-0.05, 0) is 36.8 Å². The number of benzene rings is 1. The largest absolute Gasteiger partial charge is 0.497 e. The van der Waals surface area contributed by atoms with Crippen molar-refractivity contribution in [2.75, 3.05) is 14.2 Å². The summed E-state index contributed by atoms with van der Waals surface area (Å²) >= 11 is 6.80. The molecule has 1 N–H and O–H groups in total. The first-order chi connectivity index (χ1) is 12.5.